The lowest BCUT2D eigenvalue weighted by atomic mass is 10.2. The molecule has 25 heavy (non-hydrogen) atoms. The number of nitrogens with zero attached hydrogens (tertiary/aromatic N) is 1. The highest BCUT2D eigenvalue weighted by Gasteiger charge is 2.09. The predicted octanol–water partition coefficient (Wildman–Crippen LogP) is 2.10. The Hall–Kier alpha value is -3.35. The van der Waals surface area contributed by atoms with E-state index in [1.165, 1.54) is 18.3 Å². The number of nitrogens with one attached hydrogen (secondary N) is 1. The molecule has 1 amide bonds. The van der Waals surface area contributed by atoms with Crippen LogP contribution in [0.2, 0.25) is 0 Å². The quantitative estimate of drug-likeness (QED) is 0.456. The Morgan fingerprint density at radius 3 is 2.64 bits per heavy atom. The van der Waals surface area contributed by atoms with Crippen LogP contribution in [0.1, 0.15) is 22.8 Å². The summed E-state index contributed by atoms with van der Waals surface area (Å²) in [5, 5.41) is 13.5. The molecule has 0 aromatic heterocycles. The molecule has 2 N–H and O–H groups in total. The van der Waals surface area contributed by atoms with Gasteiger partial charge in [0.25, 0.3) is 5.91 Å². The Balaban J connectivity index is 2.00. The van der Waals surface area contributed by atoms with Gasteiger partial charge in [-0.1, -0.05) is 24.3 Å². The number of aromatic hydroxyl groups is 1. The Morgan fingerprint density at radius 1 is 1.16 bits per heavy atom. The maximum atomic E-state index is 12.0. The van der Waals surface area contributed by atoms with Crippen molar-refractivity contribution in [3.63, 3.8) is 0 Å². The van der Waals surface area contributed by atoms with Gasteiger partial charge in [0.1, 0.15) is 11.5 Å². The summed E-state index contributed by atoms with van der Waals surface area (Å²) in [6.45, 7) is 1.78. The molecule has 0 aliphatic rings. The molecule has 0 aliphatic heterocycles. The largest absolute Gasteiger partial charge is 0.507 e. The first-order chi connectivity index (χ1) is 12.1. The summed E-state index contributed by atoms with van der Waals surface area (Å²) in [6, 6.07) is 13.1. The minimum absolute atomic E-state index is 0.117. The predicted molar refractivity (Wildman–Crippen MR) is 91.7 cm³/mol. The van der Waals surface area contributed by atoms with Gasteiger partial charge < -0.3 is 14.6 Å². The molecule has 0 spiro atoms. The summed E-state index contributed by atoms with van der Waals surface area (Å²) in [4.78, 5) is 23.3. The van der Waals surface area contributed by atoms with E-state index < -0.39 is 11.9 Å². The van der Waals surface area contributed by atoms with Gasteiger partial charge in [-0.05, 0) is 31.2 Å². The smallest absolute Gasteiger partial charge is 0.344 e. The number of para-hydroxylation sites is 2. The summed E-state index contributed by atoms with van der Waals surface area (Å²) < 4.78 is 10.2. The van der Waals surface area contributed by atoms with Crippen LogP contribution in [0.25, 0.3) is 0 Å². The molecule has 0 radical (unpaired) electrons. The summed E-state index contributed by atoms with van der Waals surface area (Å²) in [5.74, 6) is -0.717. The van der Waals surface area contributed by atoms with Crippen molar-refractivity contribution in [3.8, 4) is 11.5 Å². The first-order valence-corrected chi connectivity index (χ1v) is 7.60. The van der Waals surface area contributed by atoms with Crippen molar-refractivity contribution in [2.45, 2.75) is 6.92 Å². The van der Waals surface area contributed by atoms with Crippen LogP contribution in [-0.4, -0.2) is 36.4 Å². The fourth-order valence-corrected chi connectivity index (χ4v) is 1.94. The van der Waals surface area contributed by atoms with Crippen molar-refractivity contribution in [1.29, 1.82) is 0 Å². The van der Waals surface area contributed by atoms with Gasteiger partial charge in [0.2, 0.25) is 0 Å². The average Bonchev–Trinajstić information content (AvgIpc) is 2.61. The minimum atomic E-state index is -0.542. The molecular formula is C18H18N2O5. The second kappa shape index (κ2) is 9.07. The molecule has 0 saturated heterocycles. The lowest BCUT2D eigenvalue weighted by molar-refractivity contribution is -0.145. The number of benzene rings is 2. The molecule has 2 aromatic carbocycles. The molecule has 0 unspecified atom stereocenters. The monoisotopic (exact) mass is 342 g/mol. The highest BCUT2D eigenvalue weighted by molar-refractivity contribution is 5.97. The van der Waals surface area contributed by atoms with Gasteiger partial charge in [-0.15, -0.1) is 0 Å². The second-order valence-corrected chi connectivity index (χ2v) is 4.85. The van der Waals surface area contributed by atoms with E-state index in [-0.39, 0.29) is 24.5 Å². The van der Waals surface area contributed by atoms with E-state index in [0.717, 1.165) is 0 Å². The fourth-order valence-electron chi connectivity index (χ4n) is 1.94. The number of amides is 1. The summed E-state index contributed by atoms with van der Waals surface area (Å²) in [5.41, 5.74) is 3.01. The normalized spacial score (nSPS) is 10.4. The second-order valence-electron chi connectivity index (χ2n) is 4.85. The van der Waals surface area contributed by atoms with E-state index in [1.54, 1.807) is 43.3 Å². The number of phenols is 1. The van der Waals surface area contributed by atoms with Gasteiger partial charge in [0.15, 0.2) is 6.61 Å². The van der Waals surface area contributed by atoms with Crippen molar-refractivity contribution in [3.05, 3.63) is 59.7 Å². The third-order valence-corrected chi connectivity index (χ3v) is 3.09. The molecule has 0 atom stereocenters. The van der Waals surface area contributed by atoms with E-state index in [1.807, 2.05) is 0 Å². The Kier molecular flexibility index (Phi) is 6.53. The number of carbonyl (C=O) groups excluding carboxylic acids is 2. The molecule has 2 rings (SSSR count). The molecule has 2 aromatic rings. The first-order valence-electron chi connectivity index (χ1n) is 7.60. The Labute approximate surface area is 144 Å². The lowest BCUT2D eigenvalue weighted by Crippen LogP contribution is -2.18. The van der Waals surface area contributed by atoms with Crippen LogP contribution in [0.3, 0.4) is 0 Å². The van der Waals surface area contributed by atoms with Crippen molar-refractivity contribution in [2.75, 3.05) is 13.2 Å². The van der Waals surface area contributed by atoms with Crippen molar-refractivity contribution in [1.82, 2.24) is 5.43 Å². The Morgan fingerprint density at radius 2 is 1.88 bits per heavy atom. The fraction of sp³-hybridized carbons (Fsp3) is 0.167. The van der Waals surface area contributed by atoms with Gasteiger partial charge in [0, 0.05) is 5.56 Å². The zero-order valence-electron chi connectivity index (χ0n) is 13.6. The number of hydrogen-bond donors (Lipinski definition) is 2. The zero-order chi connectivity index (χ0) is 18.1. The van der Waals surface area contributed by atoms with E-state index >= 15 is 0 Å². The number of rotatable bonds is 7. The third kappa shape index (κ3) is 5.35. The van der Waals surface area contributed by atoms with Crippen molar-refractivity contribution >= 4 is 18.1 Å². The minimum Gasteiger partial charge on any atom is -0.507 e. The molecule has 7 heteroatoms. The van der Waals surface area contributed by atoms with Crippen LogP contribution in [0.4, 0.5) is 0 Å². The molecule has 0 fully saturated rings. The number of ether oxygens (including phenoxy) is 2. The molecule has 0 saturated carbocycles. The molecule has 130 valence electrons. The average molecular weight is 342 g/mol. The van der Waals surface area contributed by atoms with Gasteiger partial charge in [0.05, 0.1) is 18.4 Å². The van der Waals surface area contributed by atoms with Crippen molar-refractivity contribution in [2.24, 2.45) is 5.10 Å². The summed E-state index contributed by atoms with van der Waals surface area (Å²) in [7, 11) is 0. The SMILES string of the molecule is CCOC(=O)COc1ccccc1/C=N\NC(=O)c1ccccc1O. The molecule has 7 nitrogen and oxygen atoms in total. The maximum absolute atomic E-state index is 12.0. The molecule has 0 aliphatic carbocycles. The topological polar surface area (TPSA) is 97.2 Å². The van der Waals surface area contributed by atoms with Crippen molar-refractivity contribution < 1.29 is 24.2 Å². The van der Waals surface area contributed by atoms with Gasteiger partial charge in [-0.3, -0.25) is 4.79 Å². The maximum Gasteiger partial charge on any atom is 0.344 e. The highest BCUT2D eigenvalue weighted by Crippen LogP contribution is 2.16. The van der Waals surface area contributed by atoms with Crippen LogP contribution < -0.4 is 10.2 Å². The van der Waals surface area contributed by atoms with E-state index in [9.17, 15) is 14.7 Å². The van der Waals surface area contributed by atoms with Crippen LogP contribution >= 0.6 is 0 Å². The first kappa shape index (κ1) is 18.0. The van der Waals surface area contributed by atoms with Crippen LogP contribution in [0, 0.1) is 0 Å². The molecule has 0 heterocycles. The van der Waals surface area contributed by atoms with Crippen LogP contribution in [0.15, 0.2) is 53.6 Å². The molecule has 0 bridgehead atoms. The van der Waals surface area contributed by atoms with E-state index in [0.29, 0.717) is 11.3 Å². The molecular weight excluding hydrogens is 324 g/mol. The number of carbonyl (C=O) groups is 2. The van der Waals surface area contributed by atoms with Gasteiger partial charge in [-0.2, -0.15) is 5.10 Å². The standard InChI is InChI=1S/C18H18N2O5/c1-2-24-17(22)12-25-16-10-6-3-7-13(16)11-19-20-18(23)14-8-4-5-9-15(14)21/h3-11,21H,2,12H2,1H3,(H,20,23)/b19-11-. The van der Waals surface area contributed by atoms with Crippen LogP contribution in [0.5, 0.6) is 11.5 Å². The zero-order valence-corrected chi connectivity index (χ0v) is 13.6. The highest BCUT2D eigenvalue weighted by atomic mass is 16.6. The lowest BCUT2D eigenvalue weighted by Gasteiger charge is -2.08. The number of phenolic OH excluding ortho intramolecular Hbond substituents is 1. The van der Waals surface area contributed by atoms with E-state index in [2.05, 4.69) is 10.5 Å². The van der Waals surface area contributed by atoms with Gasteiger partial charge >= 0.3 is 5.97 Å². The Bertz CT molecular complexity index is 774. The number of hydrogen-bond acceptors (Lipinski definition) is 6. The summed E-state index contributed by atoms with van der Waals surface area (Å²) in [6.07, 6.45) is 1.39. The summed E-state index contributed by atoms with van der Waals surface area (Å²) >= 11 is 0. The number of hydrazone groups is 1. The van der Waals surface area contributed by atoms with E-state index in [4.69, 9.17) is 9.47 Å². The third-order valence-electron chi connectivity index (χ3n) is 3.09. The van der Waals surface area contributed by atoms with Crippen LogP contribution in [-0.2, 0) is 9.53 Å². The van der Waals surface area contributed by atoms with Gasteiger partial charge in [-0.25, -0.2) is 10.2 Å². The number of esters is 1.